The quantitative estimate of drug-likeness (QED) is 0.926. The standard InChI is InChI=1S/C9H9BrF3NO/c10-6-3-1-2-4-7(6)15-5-8(14)9(11,12)13/h1-4,8H,5,14H2. The van der Waals surface area contributed by atoms with Crippen LogP contribution in [0.15, 0.2) is 28.7 Å². The minimum Gasteiger partial charge on any atom is -0.490 e. The fraction of sp³-hybridized carbons (Fsp3) is 0.333. The summed E-state index contributed by atoms with van der Waals surface area (Å²) in [5.74, 6) is 0.345. The fourth-order valence-electron chi connectivity index (χ4n) is 0.836. The summed E-state index contributed by atoms with van der Waals surface area (Å²) in [6.07, 6.45) is -4.43. The first-order chi connectivity index (χ1) is 6.91. The molecule has 0 heterocycles. The topological polar surface area (TPSA) is 35.2 Å². The molecule has 0 saturated heterocycles. The largest absolute Gasteiger partial charge is 0.490 e. The van der Waals surface area contributed by atoms with Gasteiger partial charge in [-0.25, -0.2) is 0 Å². The molecule has 0 spiro atoms. The molecule has 15 heavy (non-hydrogen) atoms. The third kappa shape index (κ3) is 3.71. The van der Waals surface area contributed by atoms with Crippen LogP contribution in [0.25, 0.3) is 0 Å². The van der Waals surface area contributed by atoms with Crippen molar-refractivity contribution in [2.45, 2.75) is 12.2 Å². The third-order valence-corrected chi connectivity index (χ3v) is 2.33. The second-order valence-electron chi connectivity index (χ2n) is 2.89. The monoisotopic (exact) mass is 283 g/mol. The van der Waals surface area contributed by atoms with Crippen LogP contribution in [0.1, 0.15) is 0 Å². The summed E-state index contributed by atoms with van der Waals surface area (Å²) in [6.45, 7) is -0.591. The van der Waals surface area contributed by atoms with Crippen LogP contribution in [-0.4, -0.2) is 18.8 Å². The van der Waals surface area contributed by atoms with Gasteiger partial charge in [-0.15, -0.1) is 0 Å². The molecule has 0 fully saturated rings. The van der Waals surface area contributed by atoms with Gasteiger partial charge in [-0.3, -0.25) is 0 Å². The number of ether oxygens (including phenoxy) is 1. The third-order valence-electron chi connectivity index (χ3n) is 1.68. The van der Waals surface area contributed by atoms with Crippen molar-refractivity contribution in [2.75, 3.05) is 6.61 Å². The Bertz CT molecular complexity index is 329. The summed E-state index contributed by atoms with van der Waals surface area (Å²) in [4.78, 5) is 0. The first-order valence-electron chi connectivity index (χ1n) is 4.11. The van der Waals surface area contributed by atoms with Gasteiger partial charge in [0.15, 0.2) is 0 Å². The molecule has 0 aliphatic rings. The molecule has 0 amide bonds. The van der Waals surface area contributed by atoms with E-state index < -0.39 is 18.8 Å². The molecule has 1 atom stereocenters. The number of hydrogen-bond donors (Lipinski definition) is 1. The number of para-hydroxylation sites is 1. The first kappa shape index (κ1) is 12.3. The van der Waals surface area contributed by atoms with E-state index in [4.69, 9.17) is 10.5 Å². The zero-order valence-corrected chi connectivity index (χ0v) is 9.18. The number of hydrogen-bond acceptors (Lipinski definition) is 2. The number of rotatable bonds is 3. The van der Waals surface area contributed by atoms with E-state index in [-0.39, 0.29) is 0 Å². The number of halogens is 4. The van der Waals surface area contributed by atoms with Crippen molar-refractivity contribution in [3.8, 4) is 5.75 Å². The van der Waals surface area contributed by atoms with Crippen molar-refractivity contribution in [2.24, 2.45) is 5.73 Å². The summed E-state index contributed by atoms with van der Waals surface area (Å²) in [7, 11) is 0. The zero-order valence-electron chi connectivity index (χ0n) is 7.59. The van der Waals surface area contributed by atoms with Gasteiger partial charge in [-0.1, -0.05) is 12.1 Å². The number of alkyl halides is 3. The van der Waals surface area contributed by atoms with Crippen LogP contribution >= 0.6 is 15.9 Å². The highest BCUT2D eigenvalue weighted by atomic mass is 79.9. The van der Waals surface area contributed by atoms with Crippen LogP contribution < -0.4 is 10.5 Å². The maximum atomic E-state index is 12.0. The molecule has 1 aromatic carbocycles. The van der Waals surface area contributed by atoms with Gasteiger partial charge in [-0.2, -0.15) is 13.2 Å². The van der Waals surface area contributed by atoms with Crippen LogP contribution in [0.5, 0.6) is 5.75 Å². The zero-order chi connectivity index (χ0) is 11.5. The molecule has 0 aliphatic carbocycles. The van der Waals surface area contributed by atoms with Crippen LogP contribution in [-0.2, 0) is 0 Å². The van der Waals surface area contributed by atoms with Crippen molar-refractivity contribution >= 4 is 15.9 Å². The average molecular weight is 284 g/mol. The molecule has 2 N–H and O–H groups in total. The van der Waals surface area contributed by atoms with E-state index in [1.54, 1.807) is 24.3 Å². The second-order valence-corrected chi connectivity index (χ2v) is 3.74. The van der Waals surface area contributed by atoms with Crippen molar-refractivity contribution in [1.82, 2.24) is 0 Å². The summed E-state index contributed by atoms with van der Waals surface area (Å²) < 4.78 is 41.6. The summed E-state index contributed by atoms with van der Waals surface area (Å²) >= 11 is 3.15. The molecular weight excluding hydrogens is 275 g/mol. The highest BCUT2D eigenvalue weighted by Gasteiger charge is 2.37. The predicted octanol–water partition coefficient (Wildman–Crippen LogP) is 2.72. The lowest BCUT2D eigenvalue weighted by molar-refractivity contribution is -0.153. The van der Waals surface area contributed by atoms with Crippen LogP contribution in [0.3, 0.4) is 0 Å². The lowest BCUT2D eigenvalue weighted by Crippen LogP contribution is -2.42. The molecular formula is C9H9BrF3NO. The number of nitrogens with two attached hydrogens (primary N) is 1. The van der Waals surface area contributed by atoms with Gasteiger partial charge in [0.25, 0.3) is 0 Å². The molecule has 84 valence electrons. The molecule has 1 aromatic rings. The highest BCUT2D eigenvalue weighted by molar-refractivity contribution is 9.10. The van der Waals surface area contributed by atoms with Crippen molar-refractivity contribution < 1.29 is 17.9 Å². The first-order valence-corrected chi connectivity index (χ1v) is 4.90. The maximum Gasteiger partial charge on any atom is 0.406 e. The van der Waals surface area contributed by atoms with Gasteiger partial charge in [0, 0.05) is 0 Å². The van der Waals surface area contributed by atoms with E-state index in [9.17, 15) is 13.2 Å². The van der Waals surface area contributed by atoms with Crippen LogP contribution in [0.4, 0.5) is 13.2 Å². The SMILES string of the molecule is NC(COc1ccccc1Br)C(F)(F)F. The summed E-state index contributed by atoms with van der Waals surface area (Å²) in [5, 5.41) is 0. The van der Waals surface area contributed by atoms with Gasteiger partial charge in [-0.05, 0) is 28.1 Å². The summed E-state index contributed by atoms with van der Waals surface area (Å²) in [5.41, 5.74) is 4.88. The Kier molecular flexibility index (Phi) is 3.98. The van der Waals surface area contributed by atoms with Gasteiger partial charge < -0.3 is 10.5 Å². The van der Waals surface area contributed by atoms with E-state index in [1.807, 2.05) is 0 Å². The maximum absolute atomic E-state index is 12.0. The Morgan fingerprint density at radius 3 is 2.47 bits per heavy atom. The van der Waals surface area contributed by atoms with E-state index in [1.165, 1.54) is 0 Å². The van der Waals surface area contributed by atoms with Gasteiger partial charge in [0.2, 0.25) is 0 Å². The molecule has 0 aliphatic heterocycles. The van der Waals surface area contributed by atoms with Gasteiger partial charge in [0.05, 0.1) is 4.47 Å². The van der Waals surface area contributed by atoms with Gasteiger partial charge in [0.1, 0.15) is 18.4 Å². The van der Waals surface area contributed by atoms with Crippen LogP contribution in [0, 0.1) is 0 Å². The molecule has 0 radical (unpaired) electrons. The Hall–Kier alpha value is -0.750. The van der Waals surface area contributed by atoms with Crippen LogP contribution in [0.2, 0.25) is 0 Å². The van der Waals surface area contributed by atoms with Crippen molar-refractivity contribution in [1.29, 1.82) is 0 Å². The normalized spacial score (nSPS) is 13.7. The van der Waals surface area contributed by atoms with E-state index in [0.29, 0.717) is 10.2 Å². The Labute approximate surface area is 93.3 Å². The molecule has 0 bridgehead atoms. The molecule has 6 heteroatoms. The Morgan fingerprint density at radius 1 is 1.33 bits per heavy atom. The molecule has 0 aromatic heterocycles. The fourth-order valence-corrected chi connectivity index (χ4v) is 1.24. The second kappa shape index (κ2) is 4.85. The molecule has 2 nitrogen and oxygen atoms in total. The lowest BCUT2D eigenvalue weighted by Gasteiger charge is -2.16. The van der Waals surface area contributed by atoms with Crippen molar-refractivity contribution in [3.63, 3.8) is 0 Å². The van der Waals surface area contributed by atoms with E-state index in [0.717, 1.165) is 0 Å². The number of benzene rings is 1. The minimum absolute atomic E-state index is 0.345. The highest BCUT2D eigenvalue weighted by Crippen LogP contribution is 2.25. The predicted molar refractivity (Wildman–Crippen MR) is 53.7 cm³/mol. The van der Waals surface area contributed by atoms with Crippen molar-refractivity contribution in [3.05, 3.63) is 28.7 Å². The van der Waals surface area contributed by atoms with Gasteiger partial charge >= 0.3 is 6.18 Å². The molecule has 0 saturated carbocycles. The molecule has 1 rings (SSSR count). The smallest absolute Gasteiger partial charge is 0.406 e. The minimum atomic E-state index is -4.43. The van der Waals surface area contributed by atoms with E-state index >= 15 is 0 Å². The lowest BCUT2D eigenvalue weighted by atomic mass is 10.3. The Morgan fingerprint density at radius 2 is 1.93 bits per heavy atom. The summed E-state index contributed by atoms with van der Waals surface area (Å²) in [6, 6.07) is 4.67. The average Bonchev–Trinajstić information content (AvgIpc) is 2.14. The molecule has 1 unspecified atom stereocenters. The Balaban J connectivity index is 2.55. The van der Waals surface area contributed by atoms with E-state index in [2.05, 4.69) is 15.9 Å².